The number of nitrogens with zero attached hydrogens (tertiary/aromatic N) is 2. The Bertz CT molecular complexity index is 1020. The molecule has 1 aromatic heterocycles. The Labute approximate surface area is 148 Å². The number of carbonyl (C=O) groups is 1. The largest absolute Gasteiger partial charge is 0.346 e. The SMILES string of the molecule is CCn1nc(C(=O)NCc2cccc(F)c2)c(=O)c2cc(Cl)ccc21. The van der Waals surface area contributed by atoms with Gasteiger partial charge in [-0.1, -0.05) is 23.7 Å². The minimum Gasteiger partial charge on any atom is -0.346 e. The second-order valence-corrected chi connectivity index (χ2v) is 5.90. The lowest BCUT2D eigenvalue weighted by Gasteiger charge is -2.11. The molecule has 1 heterocycles. The van der Waals surface area contributed by atoms with E-state index in [9.17, 15) is 14.0 Å². The van der Waals surface area contributed by atoms with Crippen LogP contribution in [0.1, 0.15) is 23.0 Å². The fourth-order valence-corrected chi connectivity index (χ4v) is 2.74. The van der Waals surface area contributed by atoms with Crippen LogP contribution in [0.2, 0.25) is 5.02 Å². The molecule has 0 radical (unpaired) electrons. The van der Waals surface area contributed by atoms with E-state index in [0.29, 0.717) is 28.0 Å². The highest BCUT2D eigenvalue weighted by Crippen LogP contribution is 2.16. The van der Waals surface area contributed by atoms with Gasteiger partial charge in [-0.15, -0.1) is 0 Å². The van der Waals surface area contributed by atoms with E-state index in [1.165, 1.54) is 18.2 Å². The van der Waals surface area contributed by atoms with Crippen molar-refractivity contribution in [1.29, 1.82) is 0 Å². The molecule has 3 aromatic rings. The van der Waals surface area contributed by atoms with E-state index < -0.39 is 17.2 Å². The average molecular weight is 360 g/mol. The van der Waals surface area contributed by atoms with Crippen LogP contribution in [0.4, 0.5) is 4.39 Å². The highest BCUT2D eigenvalue weighted by atomic mass is 35.5. The van der Waals surface area contributed by atoms with Gasteiger partial charge in [0.25, 0.3) is 5.91 Å². The second kappa shape index (κ2) is 7.03. The lowest BCUT2D eigenvalue weighted by molar-refractivity contribution is 0.0942. The molecule has 0 saturated carbocycles. The lowest BCUT2D eigenvalue weighted by atomic mass is 10.2. The number of rotatable bonds is 4. The van der Waals surface area contributed by atoms with E-state index in [1.54, 1.807) is 28.9 Å². The molecule has 7 heteroatoms. The first-order valence-electron chi connectivity index (χ1n) is 7.72. The standard InChI is InChI=1S/C18H15ClFN3O2/c1-2-23-15-7-6-12(19)9-14(15)17(24)16(22-23)18(25)21-10-11-4-3-5-13(20)8-11/h3-9H,2,10H2,1H3,(H,21,25). The molecule has 0 aliphatic rings. The van der Waals surface area contributed by atoms with E-state index in [0.717, 1.165) is 0 Å². The van der Waals surface area contributed by atoms with Crippen molar-refractivity contribution >= 4 is 28.4 Å². The zero-order valence-electron chi connectivity index (χ0n) is 13.4. The summed E-state index contributed by atoms with van der Waals surface area (Å²) in [5, 5.41) is 7.49. The highest BCUT2D eigenvalue weighted by molar-refractivity contribution is 6.31. The Kier molecular flexibility index (Phi) is 4.81. The summed E-state index contributed by atoms with van der Waals surface area (Å²) in [6.07, 6.45) is 0. The molecule has 0 bridgehead atoms. The van der Waals surface area contributed by atoms with Crippen LogP contribution in [-0.2, 0) is 13.1 Å². The monoisotopic (exact) mass is 359 g/mol. The van der Waals surface area contributed by atoms with Gasteiger partial charge in [-0.25, -0.2) is 4.39 Å². The van der Waals surface area contributed by atoms with Crippen molar-refractivity contribution in [3.05, 3.63) is 74.8 Å². The van der Waals surface area contributed by atoms with Gasteiger partial charge in [0.05, 0.1) is 10.9 Å². The number of benzene rings is 2. The summed E-state index contributed by atoms with van der Waals surface area (Å²) in [5.41, 5.74) is 0.499. The van der Waals surface area contributed by atoms with Crippen molar-refractivity contribution in [2.75, 3.05) is 0 Å². The van der Waals surface area contributed by atoms with Crippen molar-refractivity contribution in [2.24, 2.45) is 0 Å². The number of fused-ring (bicyclic) bond motifs is 1. The smallest absolute Gasteiger partial charge is 0.276 e. The van der Waals surface area contributed by atoms with Gasteiger partial charge >= 0.3 is 0 Å². The molecule has 3 rings (SSSR count). The van der Waals surface area contributed by atoms with Crippen LogP contribution in [0, 0.1) is 5.82 Å². The number of hydrogen-bond acceptors (Lipinski definition) is 3. The Morgan fingerprint density at radius 2 is 2.08 bits per heavy atom. The zero-order chi connectivity index (χ0) is 18.0. The van der Waals surface area contributed by atoms with Gasteiger partial charge in [0.2, 0.25) is 5.43 Å². The van der Waals surface area contributed by atoms with Crippen LogP contribution in [-0.4, -0.2) is 15.7 Å². The van der Waals surface area contributed by atoms with Gasteiger partial charge in [0, 0.05) is 18.1 Å². The summed E-state index contributed by atoms with van der Waals surface area (Å²) in [4.78, 5) is 25.0. The lowest BCUT2D eigenvalue weighted by Crippen LogP contribution is -2.31. The van der Waals surface area contributed by atoms with Crippen LogP contribution in [0.15, 0.2) is 47.3 Å². The molecule has 0 aliphatic heterocycles. The quantitative estimate of drug-likeness (QED) is 0.778. The normalized spacial score (nSPS) is 10.8. The molecule has 128 valence electrons. The molecular weight excluding hydrogens is 345 g/mol. The molecule has 1 N–H and O–H groups in total. The Balaban J connectivity index is 1.96. The third kappa shape index (κ3) is 3.53. The third-order valence-electron chi connectivity index (χ3n) is 3.77. The predicted octanol–water partition coefficient (Wildman–Crippen LogP) is 3.14. The van der Waals surface area contributed by atoms with Gasteiger partial charge < -0.3 is 5.32 Å². The average Bonchev–Trinajstić information content (AvgIpc) is 2.60. The minimum absolute atomic E-state index is 0.0947. The number of aromatic nitrogens is 2. The van der Waals surface area contributed by atoms with Crippen LogP contribution < -0.4 is 10.7 Å². The van der Waals surface area contributed by atoms with Gasteiger partial charge in [-0.3, -0.25) is 14.3 Å². The number of nitrogens with one attached hydrogen (secondary N) is 1. The van der Waals surface area contributed by atoms with Crippen LogP contribution in [0.5, 0.6) is 0 Å². The molecule has 0 saturated heterocycles. The number of amides is 1. The summed E-state index contributed by atoms with van der Waals surface area (Å²) in [5.74, 6) is -1.00. The molecule has 25 heavy (non-hydrogen) atoms. The van der Waals surface area contributed by atoms with Gasteiger partial charge in [-0.05, 0) is 42.8 Å². The van der Waals surface area contributed by atoms with Crippen LogP contribution in [0.25, 0.3) is 10.9 Å². The molecule has 0 unspecified atom stereocenters. The first kappa shape index (κ1) is 17.1. The molecule has 0 atom stereocenters. The van der Waals surface area contributed by atoms with E-state index in [1.807, 2.05) is 6.92 Å². The maximum absolute atomic E-state index is 13.2. The van der Waals surface area contributed by atoms with Crippen molar-refractivity contribution in [3.63, 3.8) is 0 Å². The topological polar surface area (TPSA) is 64.0 Å². The number of carbonyl (C=O) groups excluding carboxylic acids is 1. The predicted molar refractivity (Wildman–Crippen MR) is 94.3 cm³/mol. The first-order chi connectivity index (χ1) is 12.0. The number of aryl methyl sites for hydroxylation is 1. The molecule has 5 nitrogen and oxygen atoms in total. The fourth-order valence-electron chi connectivity index (χ4n) is 2.57. The van der Waals surface area contributed by atoms with Crippen molar-refractivity contribution in [2.45, 2.75) is 20.0 Å². The maximum Gasteiger partial charge on any atom is 0.276 e. The molecule has 0 aliphatic carbocycles. The summed E-state index contributed by atoms with van der Waals surface area (Å²) >= 11 is 5.97. The van der Waals surface area contributed by atoms with Crippen LogP contribution in [0.3, 0.4) is 0 Å². The zero-order valence-corrected chi connectivity index (χ0v) is 14.2. The molecule has 0 spiro atoms. The van der Waals surface area contributed by atoms with Gasteiger partial charge in [0.1, 0.15) is 5.82 Å². The molecule has 0 fully saturated rings. The molecular formula is C18H15ClFN3O2. The number of halogens is 2. The maximum atomic E-state index is 13.2. The van der Waals surface area contributed by atoms with Crippen molar-refractivity contribution in [1.82, 2.24) is 15.1 Å². The molecule has 1 amide bonds. The molecule has 2 aromatic carbocycles. The Hall–Kier alpha value is -2.73. The van der Waals surface area contributed by atoms with Gasteiger partial charge in [-0.2, -0.15) is 5.10 Å². The minimum atomic E-state index is -0.613. The highest BCUT2D eigenvalue weighted by Gasteiger charge is 2.17. The van der Waals surface area contributed by atoms with Crippen molar-refractivity contribution < 1.29 is 9.18 Å². The Morgan fingerprint density at radius 1 is 1.28 bits per heavy atom. The third-order valence-corrected chi connectivity index (χ3v) is 4.01. The van der Waals surface area contributed by atoms with Crippen molar-refractivity contribution in [3.8, 4) is 0 Å². The van der Waals surface area contributed by atoms with Crippen LogP contribution >= 0.6 is 11.6 Å². The van der Waals surface area contributed by atoms with E-state index in [2.05, 4.69) is 10.4 Å². The van der Waals surface area contributed by atoms with E-state index >= 15 is 0 Å². The first-order valence-corrected chi connectivity index (χ1v) is 8.10. The number of hydrogen-bond donors (Lipinski definition) is 1. The summed E-state index contributed by atoms with van der Waals surface area (Å²) < 4.78 is 14.8. The summed E-state index contributed by atoms with van der Waals surface area (Å²) in [7, 11) is 0. The fraction of sp³-hybridized carbons (Fsp3) is 0.167. The Morgan fingerprint density at radius 3 is 2.80 bits per heavy atom. The van der Waals surface area contributed by atoms with Gasteiger partial charge in [0.15, 0.2) is 5.69 Å². The second-order valence-electron chi connectivity index (χ2n) is 5.47. The summed E-state index contributed by atoms with van der Waals surface area (Å²) in [6, 6.07) is 10.8. The van der Waals surface area contributed by atoms with E-state index in [4.69, 9.17) is 11.6 Å². The summed E-state index contributed by atoms with van der Waals surface area (Å²) in [6.45, 7) is 2.44. The van der Waals surface area contributed by atoms with E-state index in [-0.39, 0.29) is 12.2 Å².